The van der Waals surface area contributed by atoms with Crippen LogP contribution in [0.15, 0.2) is 48.7 Å². The Balaban J connectivity index is 1.50. The van der Waals surface area contributed by atoms with Gasteiger partial charge < -0.3 is 10.0 Å². The first-order chi connectivity index (χ1) is 18.9. The van der Waals surface area contributed by atoms with Crippen LogP contribution >= 0.6 is 0 Å². The molecule has 4 rings (SSSR count). The molecule has 1 saturated heterocycles. The van der Waals surface area contributed by atoms with Crippen LogP contribution in [0.3, 0.4) is 0 Å². The van der Waals surface area contributed by atoms with Crippen LogP contribution in [-0.4, -0.2) is 53.9 Å². The smallest absolute Gasteiger partial charge is 0.371 e. The zero-order valence-electron chi connectivity index (χ0n) is 21.6. The van der Waals surface area contributed by atoms with Crippen LogP contribution in [0.4, 0.5) is 23.7 Å². The maximum absolute atomic E-state index is 13.5. The minimum atomic E-state index is -4.81. The highest BCUT2D eigenvalue weighted by Crippen LogP contribution is 2.40. The van der Waals surface area contributed by atoms with Crippen molar-refractivity contribution in [1.82, 2.24) is 25.4 Å². The van der Waals surface area contributed by atoms with Crippen molar-refractivity contribution in [2.24, 2.45) is 0 Å². The van der Waals surface area contributed by atoms with Crippen molar-refractivity contribution in [2.45, 2.75) is 57.7 Å². The Hall–Kier alpha value is -4.48. The van der Waals surface area contributed by atoms with Crippen molar-refractivity contribution >= 4 is 17.6 Å². The van der Waals surface area contributed by atoms with Crippen molar-refractivity contribution < 1.29 is 33.1 Å². The van der Waals surface area contributed by atoms with Gasteiger partial charge in [-0.15, -0.1) is 5.10 Å². The topological polar surface area (TPSA) is 148 Å². The molecule has 1 aliphatic heterocycles. The van der Waals surface area contributed by atoms with E-state index >= 15 is 0 Å². The van der Waals surface area contributed by atoms with Crippen LogP contribution in [-0.2, 0) is 24.1 Å². The molecule has 0 saturated carbocycles. The molecule has 0 bridgehead atoms. The SMILES string of the molecule is CC1(C)C(O)N(c2ccc(C#N)c(C(F)(F)F)c2)C(=O)N1Cc1ccc(-c2cn(CCCC(=O)NO)nn2)cc1. The average Bonchev–Trinajstić information content (AvgIpc) is 3.45. The lowest BCUT2D eigenvalue weighted by molar-refractivity contribution is -0.137. The summed E-state index contributed by atoms with van der Waals surface area (Å²) in [4.78, 5) is 26.8. The summed E-state index contributed by atoms with van der Waals surface area (Å²) in [5.74, 6) is -0.491. The van der Waals surface area contributed by atoms with E-state index in [1.54, 1.807) is 54.5 Å². The molecule has 0 radical (unpaired) electrons. The van der Waals surface area contributed by atoms with E-state index in [4.69, 9.17) is 10.5 Å². The Labute approximate surface area is 227 Å². The van der Waals surface area contributed by atoms with E-state index in [1.165, 1.54) is 17.0 Å². The summed E-state index contributed by atoms with van der Waals surface area (Å²) in [6.07, 6.45) is -3.97. The van der Waals surface area contributed by atoms with Crippen LogP contribution in [0, 0.1) is 11.3 Å². The number of rotatable bonds is 8. The van der Waals surface area contributed by atoms with Gasteiger partial charge >= 0.3 is 12.2 Å². The molecule has 0 spiro atoms. The zero-order chi connectivity index (χ0) is 29.2. The van der Waals surface area contributed by atoms with E-state index < -0.39 is 41.0 Å². The number of carbonyl (C=O) groups excluding carboxylic acids is 2. The minimum absolute atomic E-state index is 0.0711. The van der Waals surface area contributed by atoms with Gasteiger partial charge in [-0.2, -0.15) is 18.4 Å². The van der Waals surface area contributed by atoms with E-state index in [-0.39, 0.29) is 18.7 Å². The summed E-state index contributed by atoms with van der Waals surface area (Å²) < 4.78 is 42.1. The van der Waals surface area contributed by atoms with Crippen LogP contribution in [0.2, 0.25) is 0 Å². The van der Waals surface area contributed by atoms with Gasteiger partial charge in [-0.1, -0.05) is 29.5 Å². The largest absolute Gasteiger partial charge is 0.417 e. The first-order valence-electron chi connectivity index (χ1n) is 12.2. The van der Waals surface area contributed by atoms with E-state index in [2.05, 4.69) is 10.3 Å². The number of aliphatic hydroxyl groups is 1. The second-order valence-corrected chi connectivity index (χ2v) is 9.81. The molecule has 1 aromatic heterocycles. The number of nitrogens with one attached hydrogen (secondary N) is 1. The van der Waals surface area contributed by atoms with E-state index in [0.29, 0.717) is 30.3 Å². The lowest BCUT2D eigenvalue weighted by Crippen LogP contribution is -2.46. The number of aromatic nitrogens is 3. The molecule has 1 atom stereocenters. The molecule has 14 heteroatoms. The fourth-order valence-corrected chi connectivity index (χ4v) is 4.43. The first kappa shape index (κ1) is 28.5. The van der Waals surface area contributed by atoms with Crippen LogP contribution in [0.1, 0.15) is 43.4 Å². The van der Waals surface area contributed by atoms with Gasteiger partial charge in [0.2, 0.25) is 5.91 Å². The van der Waals surface area contributed by atoms with Gasteiger partial charge in [-0.3, -0.25) is 19.6 Å². The van der Waals surface area contributed by atoms with Crippen molar-refractivity contribution in [3.8, 4) is 17.3 Å². The number of carbonyl (C=O) groups is 2. The normalized spacial score (nSPS) is 16.8. The van der Waals surface area contributed by atoms with E-state index in [9.17, 15) is 27.9 Å². The third kappa shape index (κ3) is 5.61. The van der Waals surface area contributed by atoms with Crippen LogP contribution < -0.4 is 10.4 Å². The molecule has 3 N–H and O–H groups in total. The molecule has 1 fully saturated rings. The van der Waals surface area contributed by atoms with Gasteiger partial charge in [-0.05, 0) is 44.0 Å². The maximum atomic E-state index is 13.5. The fourth-order valence-electron chi connectivity index (χ4n) is 4.43. The van der Waals surface area contributed by atoms with Gasteiger partial charge in [0.1, 0.15) is 5.69 Å². The number of halogens is 3. The monoisotopic (exact) mass is 557 g/mol. The lowest BCUT2D eigenvalue weighted by atomic mass is 10.0. The van der Waals surface area contributed by atoms with E-state index in [1.807, 2.05) is 0 Å². The number of anilines is 1. The number of aryl methyl sites for hydroxylation is 1. The molecule has 3 amide bonds. The van der Waals surface area contributed by atoms with Crippen molar-refractivity contribution in [1.29, 1.82) is 5.26 Å². The zero-order valence-corrected chi connectivity index (χ0v) is 21.6. The Morgan fingerprint density at radius 1 is 1.20 bits per heavy atom. The number of hydroxylamine groups is 1. The summed E-state index contributed by atoms with van der Waals surface area (Å²) >= 11 is 0. The Kier molecular flexibility index (Phi) is 7.81. The Morgan fingerprint density at radius 3 is 2.52 bits per heavy atom. The Morgan fingerprint density at radius 2 is 1.90 bits per heavy atom. The predicted octanol–water partition coefficient (Wildman–Crippen LogP) is 3.66. The molecule has 1 aliphatic rings. The highest BCUT2D eigenvalue weighted by molar-refractivity contribution is 5.96. The number of aliphatic hydroxyl groups excluding tert-OH is 1. The number of urea groups is 1. The number of alkyl halides is 3. The number of benzene rings is 2. The predicted molar refractivity (Wildman–Crippen MR) is 134 cm³/mol. The van der Waals surface area contributed by atoms with Gasteiger partial charge in [0, 0.05) is 30.8 Å². The molecule has 11 nitrogen and oxygen atoms in total. The molecular formula is C26H26F3N7O4. The summed E-state index contributed by atoms with van der Waals surface area (Å²) in [5, 5.41) is 36.7. The first-order valence-corrected chi connectivity index (χ1v) is 12.2. The lowest BCUT2D eigenvalue weighted by Gasteiger charge is -2.32. The Bertz CT molecular complexity index is 1450. The summed E-state index contributed by atoms with van der Waals surface area (Å²) in [6.45, 7) is 3.72. The molecule has 210 valence electrons. The molecule has 40 heavy (non-hydrogen) atoms. The molecule has 0 aliphatic carbocycles. The average molecular weight is 558 g/mol. The van der Waals surface area contributed by atoms with Crippen molar-refractivity contribution in [3.05, 3.63) is 65.4 Å². The highest BCUT2D eigenvalue weighted by atomic mass is 19.4. The van der Waals surface area contributed by atoms with Gasteiger partial charge in [0.25, 0.3) is 0 Å². The number of hydrogen-bond donors (Lipinski definition) is 3. The second-order valence-electron chi connectivity index (χ2n) is 9.81. The van der Waals surface area contributed by atoms with Crippen LogP contribution in [0.25, 0.3) is 11.3 Å². The minimum Gasteiger partial charge on any atom is -0.371 e. The highest BCUT2D eigenvalue weighted by Gasteiger charge is 2.51. The standard InChI is InChI=1S/C26H26F3N7O4/c1-25(2)23(38)36(19-10-9-18(13-30)20(12-19)26(27,28)29)24(39)35(25)14-16-5-7-17(8-6-16)21-15-34(33-31-21)11-3-4-22(37)32-40/h5-10,12,15,23,38,40H,3-4,11,14H2,1-2H3,(H,32,37). The van der Waals surface area contributed by atoms with Crippen LogP contribution in [0.5, 0.6) is 0 Å². The molecule has 2 aromatic carbocycles. The number of nitriles is 1. The third-order valence-corrected chi connectivity index (χ3v) is 6.76. The molecular weight excluding hydrogens is 531 g/mol. The molecule has 3 aromatic rings. The van der Waals surface area contributed by atoms with Gasteiger partial charge in [0.05, 0.1) is 28.9 Å². The summed E-state index contributed by atoms with van der Waals surface area (Å²) in [6, 6.07) is 10.8. The summed E-state index contributed by atoms with van der Waals surface area (Å²) in [5.41, 5.74) is 0.506. The number of hydrogen-bond acceptors (Lipinski definition) is 7. The number of amides is 3. The maximum Gasteiger partial charge on any atom is 0.417 e. The van der Waals surface area contributed by atoms with Gasteiger partial charge in [-0.25, -0.2) is 10.3 Å². The second kappa shape index (κ2) is 10.9. The quantitative estimate of drug-likeness (QED) is 0.283. The van der Waals surface area contributed by atoms with Gasteiger partial charge in [0.15, 0.2) is 6.23 Å². The molecule has 1 unspecified atom stereocenters. The number of nitrogens with zero attached hydrogens (tertiary/aromatic N) is 6. The third-order valence-electron chi connectivity index (χ3n) is 6.76. The van der Waals surface area contributed by atoms with E-state index in [0.717, 1.165) is 16.5 Å². The van der Waals surface area contributed by atoms with Crippen molar-refractivity contribution in [2.75, 3.05) is 4.90 Å². The molecule has 2 heterocycles. The fraction of sp³-hybridized carbons (Fsp3) is 0.346. The van der Waals surface area contributed by atoms with Crippen molar-refractivity contribution in [3.63, 3.8) is 0 Å². The summed E-state index contributed by atoms with van der Waals surface area (Å²) in [7, 11) is 0.